The molecule has 6 heteroatoms. The normalized spacial score (nSPS) is 30.5. The molecule has 3 aromatic rings. The molecule has 0 spiro atoms. The van der Waals surface area contributed by atoms with Gasteiger partial charge in [0.1, 0.15) is 41.9 Å². The number of ether oxygens (including phenoxy) is 3. The number of benzene rings is 3. The van der Waals surface area contributed by atoms with Crippen LogP contribution < -0.4 is 0 Å². The maximum Gasteiger partial charge on any atom is 0.200 e. The van der Waals surface area contributed by atoms with Crippen molar-refractivity contribution in [2.45, 2.75) is 69.0 Å². The second-order valence-electron chi connectivity index (χ2n) is 11.9. The predicted molar refractivity (Wildman–Crippen MR) is 148 cm³/mol. The molecule has 0 fully saturated rings. The number of fused-ring (bicyclic) bond motifs is 9. The minimum atomic E-state index is -0.699. The summed E-state index contributed by atoms with van der Waals surface area (Å²) in [5.74, 6) is 2.14. The molecule has 3 aromatic carbocycles. The van der Waals surface area contributed by atoms with E-state index in [2.05, 4.69) is 79.7 Å². The summed E-state index contributed by atoms with van der Waals surface area (Å²) in [6.07, 6.45) is 3.22. The van der Waals surface area contributed by atoms with Crippen LogP contribution in [0.3, 0.4) is 0 Å². The molecule has 0 aromatic heterocycles. The van der Waals surface area contributed by atoms with Gasteiger partial charge < -0.3 is 14.2 Å². The summed E-state index contributed by atoms with van der Waals surface area (Å²) in [5.41, 5.74) is 7.10. The highest BCUT2D eigenvalue weighted by molar-refractivity contribution is 6.09. The average molecular weight is 516 g/mol. The number of nitrogens with zero attached hydrogens (tertiary/aromatic N) is 3. The van der Waals surface area contributed by atoms with Gasteiger partial charge in [-0.15, -0.1) is 0 Å². The molecule has 39 heavy (non-hydrogen) atoms. The minimum Gasteiger partial charge on any atom is -0.475 e. The molecule has 9 rings (SSSR count). The molecule has 0 saturated carbocycles. The summed E-state index contributed by atoms with van der Waals surface area (Å²) in [6.45, 7) is 2.15. The van der Waals surface area contributed by atoms with E-state index in [0.29, 0.717) is 18.2 Å². The zero-order chi connectivity index (χ0) is 25.7. The lowest BCUT2D eigenvalue weighted by molar-refractivity contribution is 0.162. The van der Waals surface area contributed by atoms with E-state index in [1.807, 2.05) is 0 Å². The molecular weight excluding hydrogens is 486 g/mol. The van der Waals surface area contributed by atoms with Crippen molar-refractivity contribution in [3.05, 3.63) is 106 Å². The molecule has 0 radical (unpaired) electrons. The third-order valence-electron chi connectivity index (χ3n) is 9.50. The third kappa shape index (κ3) is 3.11. The molecule has 0 unspecified atom stereocenters. The zero-order valence-corrected chi connectivity index (χ0v) is 21.8. The largest absolute Gasteiger partial charge is 0.475 e. The summed E-state index contributed by atoms with van der Waals surface area (Å²) < 4.78 is 19.9. The van der Waals surface area contributed by atoms with E-state index < -0.39 is 5.41 Å². The lowest BCUT2D eigenvalue weighted by Gasteiger charge is -2.29. The minimum absolute atomic E-state index is 0.00967. The van der Waals surface area contributed by atoms with Crippen LogP contribution in [0.25, 0.3) is 0 Å². The number of hydrogen-bond acceptors (Lipinski definition) is 6. The van der Waals surface area contributed by atoms with Gasteiger partial charge in [-0.3, -0.25) is 0 Å². The van der Waals surface area contributed by atoms with Gasteiger partial charge >= 0.3 is 0 Å². The van der Waals surface area contributed by atoms with E-state index in [-0.39, 0.29) is 36.4 Å². The SMILES string of the molecule is CC(CC1=N[C@H]2c3ccccc3C[C@H]2O1)(C1=N[C@H]2c3ccccc3C[C@H]2O1)C1=N[C@H]2c3ccccc3C[C@H]2O1. The monoisotopic (exact) mass is 515 g/mol. The molecule has 6 aliphatic rings. The lowest BCUT2D eigenvalue weighted by Crippen LogP contribution is -2.41. The van der Waals surface area contributed by atoms with Crippen molar-refractivity contribution in [2.24, 2.45) is 20.4 Å². The Morgan fingerprint density at radius 3 is 1.49 bits per heavy atom. The molecule has 3 aliphatic carbocycles. The quantitative estimate of drug-likeness (QED) is 0.450. The van der Waals surface area contributed by atoms with Gasteiger partial charge in [0.2, 0.25) is 11.8 Å². The fourth-order valence-electron chi connectivity index (χ4n) is 7.53. The van der Waals surface area contributed by atoms with Crippen molar-refractivity contribution in [1.29, 1.82) is 0 Å². The smallest absolute Gasteiger partial charge is 0.200 e. The van der Waals surface area contributed by atoms with Crippen LogP contribution in [-0.2, 0) is 33.5 Å². The first-order valence-electron chi connectivity index (χ1n) is 14.1. The Hall–Kier alpha value is -3.93. The summed E-state index contributed by atoms with van der Waals surface area (Å²) >= 11 is 0. The second kappa shape index (κ2) is 7.81. The fraction of sp³-hybridized carbons (Fsp3) is 0.364. The Kier molecular flexibility index (Phi) is 4.39. The Bertz CT molecular complexity index is 1550. The van der Waals surface area contributed by atoms with Gasteiger partial charge in [0.25, 0.3) is 0 Å². The Morgan fingerprint density at radius 2 is 1.00 bits per heavy atom. The van der Waals surface area contributed by atoms with Crippen molar-refractivity contribution in [1.82, 2.24) is 0 Å². The maximum absolute atomic E-state index is 6.68. The highest BCUT2D eigenvalue weighted by atomic mass is 16.5. The molecule has 3 aliphatic heterocycles. The van der Waals surface area contributed by atoms with E-state index in [1.54, 1.807) is 0 Å². The van der Waals surface area contributed by atoms with Crippen LogP contribution in [0.2, 0.25) is 0 Å². The fourth-order valence-corrected chi connectivity index (χ4v) is 7.53. The van der Waals surface area contributed by atoms with Crippen molar-refractivity contribution < 1.29 is 14.2 Å². The van der Waals surface area contributed by atoms with Gasteiger partial charge in [-0.05, 0) is 40.3 Å². The first kappa shape index (κ1) is 21.9. The Morgan fingerprint density at radius 1 is 0.590 bits per heavy atom. The molecule has 0 N–H and O–H groups in total. The van der Waals surface area contributed by atoms with Crippen LogP contribution in [0.15, 0.2) is 87.8 Å². The van der Waals surface area contributed by atoms with Gasteiger partial charge in [0.05, 0.1) is 0 Å². The van der Waals surface area contributed by atoms with Gasteiger partial charge in [-0.2, -0.15) is 0 Å². The van der Waals surface area contributed by atoms with Crippen molar-refractivity contribution in [3.8, 4) is 0 Å². The molecule has 0 bridgehead atoms. The van der Waals surface area contributed by atoms with Crippen molar-refractivity contribution >= 4 is 17.7 Å². The van der Waals surface area contributed by atoms with E-state index >= 15 is 0 Å². The van der Waals surface area contributed by atoms with Gasteiger partial charge in [0.15, 0.2) is 5.90 Å². The Balaban J connectivity index is 1.10. The molecule has 6 nitrogen and oxygen atoms in total. The van der Waals surface area contributed by atoms with Gasteiger partial charge in [-0.1, -0.05) is 72.8 Å². The van der Waals surface area contributed by atoms with Crippen LogP contribution in [0, 0.1) is 5.41 Å². The maximum atomic E-state index is 6.68. The molecule has 6 atom stereocenters. The van der Waals surface area contributed by atoms with E-state index in [9.17, 15) is 0 Å². The topological polar surface area (TPSA) is 64.8 Å². The van der Waals surface area contributed by atoms with E-state index in [4.69, 9.17) is 29.2 Å². The van der Waals surface area contributed by atoms with Crippen LogP contribution in [-0.4, -0.2) is 36.0 Å². The summed E-state index contributed by atoms with van der Waals surface area (Å²) in [7, 11) is 0. The molecule has 0 saturated heterocycles. The van der Waals surface area contributed by atoms with Gasteiger partial charge in [0, 0.05) is 25.7 Å². The average Bonchev–Trinajstić information content (AvgIpc) is 3.76. The highest BCUT2D eigenvalue weighted by Gasteiger charge is 2.54. The number of rotatable bonds is 4. The molecular formula is C33H29N3O3. The Labute approximate surface area is 227 Å². The summed E-state index contributed by atoms with van der Waals surface area (Å²) in [5, 5.41) is 0. The second-order valence-corrected chi connectivity index (χ2v) is 11.9. The van der Waals surface area contributed by atoms with Crippen LogP contribution in [0.1, 0.15) is 64.9 Å². The lowest BCUT2D eigenvalue weighted by atomic mass is 9.85. The third-order valence-corrected chi connectivity index (χ3v) is 9.50. The predicted octanol–water partition coefficient (Wildman–Crippen LogP) is 5.67. The van der Waals surface area contributed by atoms with E-state index in [0.717, 1.165) is 25.2 Å². The van der Waals surface area contributed by atoms with Crippen molar-refractivity contribution in [2.75, 3.05) is 0 Å². The zero-order valence-electron chi connectivity index (χ0n) is 21.8. The first-order chi connectivity index (χ1) is 19.1. The van der Waals surface area contributed by atoms with Gasteiger partial charge in [-0.25, -0.2) is 15.0 Å². The molecule has 194 valence electrons. The van der Waals surface area contributed by atoms with Crippen LogP contribution in [0.5, 0.6) is 0 Å². The van der Waals surface area contributed by atoms with E-state index in [1.165, 1.54) is 33.4 Å². The number of hydrogen-bond donors (Lipinski definition) is 0. The summed E-state index contributed by atoms with van der Waals surface area (Å²) in [6, 6.07) is 25.7. The molecule has 0 amide bonds. The standard InChI is InChI=1S/C33H29N3O3/c1-33(31-35-29-22-12-6-3-9-19(22)15-25(29)38-31,32-36-30-23-13-7-4-10-20(23)16-26(30)39-32)17-27-34-28-21-11-5-2-8-18(21)14-24(28)37-27/h2-13,24-26,28-30H,14-17H2,1H3/t24-,25-,26-,28+,29+,30+/m1/s1. The van der Waals surface area contributed by atoms with Crippen molar-refractivity contribution in [3.63, 3.8) is 0 Å². The number of aliphatic imine (C=N–C) groups is 3. The van der Waals surface area contributed by atoms with Crippen LogP contribution in [0.4, 0.5) is 0 Å². The van der Waals surface area contributed by atoms with Crippen LogP contribution >= 0.6 is 0 Å². The highest BCUT2D eigenvalue weighted by Crippen LogP contribution is 2.49. The summed E-state index contributed by atoms with van der Waals surface area (Å²) in [4.78, 5) is 15.5. The molecule has 3 heterocycles. The first-order valence-corrected chi connectivity index (χ1v) is 14.1.